The molecule has 4 fully saturated rings. The third-order valence-corrected chi connectivity index (χ3v) is 11.7. The van der Waals surface area contributed by atoms with Crippen molar-refractivity contribution < 1.29 is 29.3 Å². The van der Waals surface area contributed by atoms with Crippen LogP contribution in [0.15, 0.2) is 84.5 Å². The number of ether oxygens (including phenoxy) is 2. The van der Waals surface area contributed by atoms with Crippen LogP contribution in [-0.4, -0.2) is 46.2 Å². The first-order valence-electron chi connectivity index (χ1n) is 15.7. The van der Waals surface area contributed by atoms with Gasteiger partial charge in [0.1, 0.15) is 6.61 Å². The molecule has 0 aromatic heterocycles. The van der Waals surface area contributed by atoms with Crippen LogP contribution < -0.4 is 5.73 Å². The molecule has 0 amide bonds. The Morgan fingerprint density at radius 2 is 1.91 bits per heavy atom. The predicted molar refractivity (Wildman–Crippen MR) is 166 cm³/mol. The zero-order chi connectivity index (χ0) is 31.0. The Labute approximate surface area is 258 Å². The molecule has 0 radical (unpaired) electrons. The van der Waals surface area contributed by atoms with Crippen molar-refractivity contribution in [1.29, 1.82) is 0 Å². The number of allylic oxidation sites excluding steroid dienone is 5. The molecule has 230 valence electrons. The molecular formula is C37H41NO6. The van der Waals surface area contributed by atoms with Crippen molar-refractivity contribution in [2.24, 2.45) is 28.6 Å². The number of aliphatic hydroxyl groups is 2. The lowest BCUT2D eigenvalue weighted by Crippen LogP contribution is -2.63. The van der Waals surface area contributed by atoms with Crippen molar-refractivity contribution in [3.8, 4) is 0 Å². The van der Waals surface area contributed by atoms with Crippen LogP contribution in [0.1, 0.15) is 67.3 Å². The van der Waals surface area contributed by atoms with Crippen LogP contribution >= 0.6 is 0 Å². The molecular weight excluding hydrogens is 554 g/mol. The van der Waals surface area contributed by atoms with E-state index in [1.807, 2.05) is 12.1 Å². The van der Waals surface area contributed by atoms with Crippen molar-refractivity contribution in [1.82, 2.24) is 0 Å². The summed E-state index contributed by atoms with van der Waals surface area (Å²) in [6.07, 6.45) is 7.48. The molecule has 7 rings (SSSR count). The number of benzene rings is 2. The number of aliphatic hydroxyl groups excluding tert-OH is 2. The molecule has 0 bridgehead atoms. The quantitative estimate of drug-likeness (QED) is 0.307. The average Bonchev–Trinajstić information content (AvgIpc) is 3.50. The number of hydrogen-bond donors (Lipinski definition) is 3. The van der Waals surface area contributed by atoms with Crippen LogP contribution in [0.3, 0.4) is 0 Å². The monoisotopic (exact) mass is 595 g/mol. The summed E-state index contributed by atoms with van der Waals surface area (Å²) in [6.45, 7) is 7.74. The van der Waals surface area contributed by atoms with E-state index in [9.17, 15) is 19.8 Å². The molecule has 2 aromatic carbocycles. The Kier molecular flexibility index (Phi) is 6.90. The fourth-order valence-electron chi connectivity index (χ4n) is 9.73. The Bertz CT molecular complexity index is 1590. The zero-order valence-corrected chi connectivity index (χ0v) is 25.4. The maximum atomic E-state index is 13.8. The van der Waals surface area contributed by atoms with Gasteiger partial charge in [0.2, 0.25) is 0 Å². The maximum absolute atomic E-state index is 13.8. The largest absolute Gasteiger partial charge is 0.399 e. The average molecular weight is 596 g/mol. The minimum atomic E-state index is -1.38. The fourth-order valence-corrected chi connectivity index (χ4v) is 9.73. The van der Waals surface area contributed by atoms with Gasteiger partial charge < -0.3 is 25.4 Å². The fraction of sp³-hybridized carbons (Fsp3) is 0.459. The number of nitrogen functional groups attached to an aromatic ring is 1. The highest BCUT2D eigenvalue weighted by Crippen LogP contribution is 2.70. The number of Topliss-reactive ketones (excluding diaryl/α,β-unsaturated/α-hetero) is 2. The minimum Gasteiger partial charge on any atom is -0.399 e. The van der Waals surface area contributed by atoms with Gasteiger partial charge in [0.05, 0.1) is 12.2 Å². The highest BCUT2D eigenvalue weighted by atomic mass is 16.7. The number of ketones is 2. The smallest absolute Gasteiger partial charge is 0.193 e. The van der Waals surface area contributed by atoms with E-state index < -0.39 is 41.9 Å². The summed E-state index contributed by atoms with van der Waals surface area (Å²) in [6, 6.07) is 14.4. The maximum Gasteiger partial charge on any atom is 0.193 e. The van der Waals surface area contributed by atoms with Gasteiger partial charge in [-0.25, -0.2) is 0 Å². The van der Waals surface area contributed by atoms with E-state index >= 15 is 0 Å². The molecule has 5 aliphatic rings. The normalized spacial score (nSPS) is 38.7. The number of fused-ring (bicyclic) bond motifs is 7. The summed E-state index contributed by atoms with van der Waals surface area (Å²) >= 11 is 0. The third-order valence-electron chi connectivity index (χ3n) is 11.7. The van der Waals surface area contributed by atoms with Gasteiger partial charge in [0.15, 0.2) is 23.5 Å². The van der Waals surface area contributed by atoms with Crippen LogP contribution in [0.4, 0.5) is 5.69 Å². The number of carbonyl (C=O) groups excluding carboxylic acids is 2. The summed E-state index contributed by atoms with van der Waals surface area (Å²) in [5.41, 5.74) is 8.53. The third kappa shape index (κ3) is 4.17. The molecule has 9 atom stereocenters. The van der Waals surface area contributed by atoms with Crippen molar-refractivity contribution in [2.45, 2.75) is 70.1 Å². The van der Waals surface area contributed by atoms with Crippen LogP contribution in [0.25, 0.3) is 0 Å². The molecule has 1 aliphatic heterocycles. The van der Waals surface area contributed by atoms with Gasteiger partial charge >= 0.3 is 0 Å². The topological polar surface area (TPSA) is 119 Å². The van der Waals surface area contributed by atoms with Gasteiger partial charge in [-0.2, -0.15) is 0 Å². The van der Waals surface area contributed by atoms with Gasteiger partial charge in [0, 0.05) is 40.0 Å². The Morgan fingerprint density at radius 1 is 1.14 bits per heavy atom. The summed E-state index contributed by atoms with van der Waals surface area (Å²) < 4.78 is 13.2. The van der Waals surface area contributed by atoms with Crippen LogP contribution in [0.5, 0.6) is 0 Å². The van der Waals surface area contributed by atoms with Gasteiger partial charge in [-0.1, -0.05) is 80.6 Å². The highest BCUT2D eigenvalue weighted by molar-refractivity contribution is 5.97. The van der Waals surface area contributed by atoms with Gasteiger partial charge in [-0.3, -0.25) is 9.59 Å². The Balaban J connectivity index is 1.15. The molecule has 0 spiro atoms. The molecule has 2 aromatic rings. The second kappa shape index (κ2) is 10.3. The molecule has 0 unspecified atom stereocenters. The minimum absolute atomic E-state index is 0.0123. The number of rotatable bonds is 6. The van der Waals surface area contributed by atoms with E-state index in [-0.39, 0.29) is 35.4 Å². The van der Waals surface area contributed by atoms with E-state index in [0.29, 0.717) is 29.7 Å². The van der Waals surface area contributed by atoms with Crippen LogP contribution in [0.2, 0.25) is 0 Å². The van der Waals surface area contributed by atoms with E-state index in [0.717, 1.165) is 24.0 Å². The molecule has 1 heterocycles. The Hall–Kier alpha value is -3.36. The van der Waals surface area contributed by atoms with Crippen molar-refractivity contribution in [3.05, 3.63) is 101 Å². The highest BCUT2D eigenvalue weighted by Gasteiger charge is 2.75. The van der Waals surface area contributed by atoms with Crippen LogP contribution in [0, 0.1) is 28.6 Å². The molecule has 4 N–H and O–H groups in total. The second-order valence-electron chi connectivity index (χ2n) is 14.0. The predicted octanol–water partition coefficient (Wildman–Crippen LogP) is 5.28. The van der Waals surface area contributed by atoms with E-state index in [4.69, 9.17) is 15.2 Å². The van der Waals surface area contributed by atoms with Crippen LogP contribution in [-0.2, 0) is 20.7 Å². The molecule has 44 heavy (non-hydrogen) atoms. The SMILES string of the molecule is C=C1C=C[C@@]2(C)C(=C1)CC[C@@H]1[C@@H]2[C@@H](O)C[C@@]2(C)[C@H]1C[C@H]1O[C@@H](c3ccc(C(=O)Cc4cccc(N)c4)cc3)O[C@]12C(=O)CO. The molecule has 4 aliphatic carbocycles. The van der Waals surface area contributed by atoms with Crippen molar-refractivity contribution in [3.63, 3.8) is 0 Å². The summed E-state index contributed by atoms with van der Waals surface area (Å²) in [5.74, 6) is -0.158. The van der Waals surface area contributed by atoms with Gasteiger partial charge in [0.25, 0.3) is 0 Å². The van der Waals surface area contributed by atoms with Crippen molar-refractivity contribution >= 4 is 17.3 Å². The number of anilines is 1. The Morgan fingerprint density at radius 3 is 2.64 bits per heavy atom. The van der Waals surface area contributed by atoms with Gasteiger partial charge in [-0.05, 0) is 60.8 Å². The van der Waals surface area contributed by atoms with E-state index in [1.54, 1.807) is 36.4 Å². The first kappa shape index (κ1) is 29.4. The van der Waals surface area contributed by atoms with E-state index in [1.165, 1.54) is 5.57 Å². The van der Waals surface area contributed by atoms with Gasteiger partial charge in [-0.15, -0.1) is 0 Å². The molecule has 1 saturated heterocycles. The number of nitrogens with two attached hydrogens (primary N) is 1. The number of carbonyl (C=O) groups is 2. The molecule has 7 heteroatoms. The summed E-state index contributed by atoms with van der Waals surface area (Å²) in [7, 11) is 0. The summed E-state index contributed by atoms with van der Waals surface area (Å²) in [5, 5.41) is 22.1. The first-order valence-corrected chi connectivity index (χ1v) is 15.7. The molecule has 7 nitrogen and oxygen atoms in total. The lowest BCUT2D eigenvalue weighted by Gasteiger charge is -2.59. The van der Waals surface area contributed by atoms with Crippen molar-refractivity contribution in [2.75, 3.05) is 12.3 Å². The zero-order valence-electron chi connectivity index (χ0n) is 25.4. The molecule has 3 saturated carbocycles. The lowest BCUT2D eigenvalue weighted by molar-refractivity contribution is -0.201. The lowest BCUT2D eigenvalue weighted by atomic mass is 9.46. The summed E-state index contributed by atoms with van der Waals surface area (Å²) in [4.78, 5) is 26.7. The van der Waals surface area contributed by atoms with E-state index in [2.05, 4.69) is 38.7 Å². The second-order valence-corrected chi connectivity index (χ2v) is 14.0. The first-order chi connectivity index (χ1) is 21.0. The number of hydrogen-bond acceptors (Lipinski definition) is 7. The standard InChI is InChI=1S/C37H41NO6/c1-21-13-14-35(2)25(15-21)11-12-27-28-18-32-37(31(42)20-39,36(28,3)19-30(41)33(27)35)44-34(43-32)24-9-7-23(8-10-24)29(40)17-22-5-4-6-26(38)16-22/h4-10,13-16,27-28,30,32-34,39,41H,1,11-12,17-20,38H2,2-3H3/t27-,28-,30-,32+,33+,34+,35-,36-,37+/m0/s1.